The number of piperazine rings is 1. The molecule has 2 unspecified atom stereocenters. The number of carboxylic acid groups (broad SMARTS) is 1. The number of hydrogen-bond acceptors (Lipinski definition) is 5. The number of sulfone groups is 1. The van der Waals surface area contributed by atoms with Crippen LogP contribution in [0.3, 0.4) is 0 Å². The summed E-state index contributed by atoms with van der Waals surface area (Å²) in [6.45, 7) is 2.08. The fourth-order valence-electron chi connectivity index (χ4n) is 1.61. The van der Waals surface area contributed by atoms with Crippen LogP contribution in [-0.2, 0) is 19.4 Å². The Labute approximate surface area is 99.7 Å². The minimum Gasteiger partial charge on any atom is -0.480 e. The Hall–Kier alpha value is -1.15. The second-order valence-corrected chi connectivity index (χ2v) is 6.43. The molecule has 1 fully saturated rings. The number of hydrogen-bond donors (Lipinski definition) is 2. The first kappa shape index (κ1) is 13.9. The highest BCUT2D eigenvalue weighted by atomic mass is 32.2. The standard InChI is InChI=1S/C9H16N2O5S/c1-6(17(2,15)16)8(12)11-4-3-10-5-7(11)9(13)14/h6-7,10H,3-5H2,1-2H3,(H,13,14). The first-order chi connectivity index (χ1) is 7.75. The summed E-state index contributed by atoms with van der Waals surface area (Å²) in [5.74, 6) is -1.78. The molecule has 2 N–H and O–H groups in total. The maximum atomic E-state index is 11.9. The average Bonchev–Trinajstić information content (AvgIpc) is 2.25. The van der Waals surface area contributed by atoms with E-state index < -0.39 is 33.0 Å². The zero-order valence-corrected chi connectivity index (χ0v) is 10.5. The predicted octanol–water partition coefficient (Wildman–Crippen LogP) is -1.70. The summed E-state index contributed by atoms with van der Waals surface area (Å²) < 4.78 is 22.6. The van der Waals surface area contributed by atoms with Gasteiger partial charge >= 0.3 is 5.97 Å². The van der Waals surface area contributed by atoms with Crippen LogP contribution in [-0.4, -0.2) is 67.5 Å². The normalized spacial score (nSPS) is 23.2. The van der Waals surface area contributed by atoms with Crippen molar-refractivity contribution in [1.82, 2.24) is 10.2 Å². The molecule has 0 bridgehead atoms. The fourth-order valence-corrected chi connectivity index (χ4v) is 2.11. The minimum absolute atomic E-state index is 0.136. The van der Waals surface area contributed by atoms with Gasteiger partial charge in [-0.25, -0.2) is 13.2 Å². The lowest BCUT2D eigenvalue weighted by molar-refractivity contribution is -0.150. The Kier molecular flexibility index (Phi) is 4.10. The molecule has 1 heterocycles. The van der Waals surface area contributed by atoms with Crippen LogP contribution in [0.25, 0.3) is 0 Å². The van der Waals surface area contributed by atoms with Gasteiger partial charge in [-0.3, -0.25) is 4.79 Å². The molecule has 8 heteroatoms. The van der Waals surface area contributed by atoms with Crippen molar-refractivity contribution in [2.24, 2.45) is 0 Å². The fraction of sp³-hybridized carbons (Fsp3) is 0.778. The molecule has 98 valence electrons. The van der Waals surface area contributed by atoms with Gasteiger partial charge < -0.3 is 15.3 Å². The zero-order chi connectivity index (χ0) is 13.2. The second-order valence-electron chi connectivity index (χ2n) is 4.06. The lowest BCUT2D eigenvalue weighted by Gasteiger charge is -2.34. The third kappa shape index (κ3) is 3.16. The lowest BCUT2D eigenvalue weighted by Crippen LogP contribution is -2.59. The van der Waals surface area contributed by atoms with Gasteiger partial charge in [0.15, 0.2) is 9.84 Å². The number of rotatable bonds is 3. The van der Waals surface area contributed by atoms with E-state index in [4.69, 9.17) is 5.11 Å². The Morgan fingerprint density at radius 3 is 2.53 bits per heavy atom. The highest BCUT2D eigenvalue weighted by molar-refractivity contribution is 7.92. The van der Waals surface area contributed by atoms with E-state index in [1.807, 2.05) is 0 Å². The molecule has 0 saturated carbocycles. The van der Waals surface area contributed by atoms with Gasteiger partial charge in [0.05, 0.1) is 0 Å². The van der Waals surface area contributed by atoms with Crippen molar-refractivity contribution in [3.05, 3.63) is 0 Å². The molecule has 0 aliphatic carbocycles. The minimum atomic E-state index is -3.51. The molecule has 0 radical (unpaired) electrons. The third-order valence-corrected chi connectivity index (χ3v) is 4.29. The summed E-state index contributed by atoms with van der Waals surface area (Å²) in [4.78, 5) is 24.0. The first-order valence-electron chi connectivity index (χ1n) is 5.18. The Balaban J connectivity index is 2.89. The number of aliphatic carboxylic acids is 1. The van der Waals surface area contributed by atoms with Crippen LogP contribution in [0.1, 0.15) is 6.92 Å². The number of amides is 1. The number of nitrogens with zero attached hydrogens (tertiary/aromatic N) is 1. The van der Waals surface area contributed by atoms with E-state index in [1.54, 1.807) is 0 Å². The lowest BCUT2D eigenvalue weighted by atomic mass is 10.2. The number of carbonyl (C=O) groups is 2. The molecule has 1 aliphatic rings. The molecule has 17 heavy (non-hydrogen) atoms. The summed E-state index contributed by atoms with van der Waals surface area (Å²) in [6, 6.07) is -1.000. The molecular formula is C9H16N2O5S. The Bertz CT molecular complexity index is 419. The van der Waals surface area contributed by atoms with E-state index >= 15 is 0 Å². The van der Waals surface area contributed by atoms with Gasteiger partial charge in [-0.15, -0.1) is 0 Å². The van der Waals surface area contributed by atoms with Crippen LogP contribution in [0.4, 0.5) is 0 Å². The van der Waals surface area contributed by atoms with Gasteiger partial charge in [0, 0.05) is 25.9 Å². The van der Waals surface area contributed by atoms with Crippen molar-refractivity contribution < 1.29 is 23.1 Å². The van der Waals surface area contributed by atoms with Crippen LogP contribution in [0.5, 0.6) is 0 Å². The van der Waals surface area contributed by atoms with E-state index in [0.29, 0.717) is 6.54 Å². The molecule has 1 amide bonds. The summed E-state index contributed by atoms with van der Waals surface area (Å²) in [6.07, 6.45) is 0.966. The molecule has 2 atom stereocenters. The molecule has 0 spiro atoms. The van der Waals surface area contributed by atoms with Crippen molar-refractivity contribution in [1.29, 1.82) is 0 Å². The Morgan fingerprint density at radius 1 is 1.47 bits per heavy atom. The number of carboxylic acids is 1. The van der Waals surface area contributed by atoms with Gasteiger partial charge in [-0.1, -0.05) is 0 Å². The smallest absolute Gasteiger partial charge is 0.327 e. The predicted molar refractivity (Wildman–Crippen MR) is 60.3 cm³/mol. The van der Waals surface area contributed by atoms with Crippen LogP contribution >= 0.6 is 0 Å². The second kappa shape index (κ2) is 5.01. The van der Waals surface area contributed by atoms with Crippen molar-refractivity contribution in [3.8, 4) is 0 Å². The van der Waals surface area contributed by atoms with E-state index in [-0.39, 0.29) is 13.1 Å². The van der Waals surface area contributed by atoms with Gasteiger partial charge in [-0.05, 0) is 6.92 Å². The summed E-state index contributed by atoms with van der Waals surface area (Å²) in [7, 11) is -3.51. The summed E-state index contributed by atoms with van der Waals surface area (Å²) in [5.41, 5.74) is 0. The van der Waals surface area contributed by atoms with Gasteiger partial charge in [0.25, 0.3) is 0 Å². The van der Waals surface area contributed by atoms with Crippen molar-refractivity contribution in [3.63, 3.8) is 0 Å². The van der Waals surface area contributed by atoms with E-state index in [2.05, 4.69) is 5.32 Å². The van der Waals surface area contributed by atoms with Crippen molar-refractivity contribution in [2.45, 2.75) is 18.2 Å². The van der Waals surface area contributed by atoms with Crippen molar-refractivity contribution in [2.75, 3.05) is 25.9 Å². The monoisotopic (exact) mass is 264 g/mol. The maximum Gasteiger partial charge on any atom is 0.327 e. The molecule has 0 aromatic rings. The van der Waals surface area contributed by atoms with Gasteiger partial charge in [0.2, 0.25) is 5.91 Å². The number of nitrogens with one attached hydrogen (secondary N) is 1. The zero-order valence-electron chi connectivity index (χ0n) is 9.71. The van der Waals surface area contributed by atoms with Gasteiger partial charge in [0.1, 0.15) is 11.3 Å². The summed E-state index contributed by atoms with van der Waals surface area (Å²) >= 11 is 0. The largest absolute Gasteiger partial charge is 0.480 e. The Morgan fingerprint density at radius 2 is 2.06 bits per heavy atom. The molecule has 1 rings (SSSR count). The summed E-state index contributed by atoms with van der Waals surface area (Å²) in [5, 5.41) is 10.6. The SMILES string of the molecule is CC(C(=O)N1CCNCC1C(=O)O)S(C)(=O)=O. The number of carbonyl (C=O) groups excluding carboxylic acids is 1. The van der Waals surface area contributed by atoms with E-state index in [1.165, 1.54) is 6.92 Å². The average molecular weight is 264 g/mol. The first-order valence-corrected chi connectivity index (χ1v) is 7.13. The van der Waals surface area contributed by atoms with Gasteiger partial charge in [-0.2, -0.15) is 0 Å². The molecule has 0 aromatic heterocycles. The highest BCUT2D eigenvalue weighted by Crippen LogP contribution is 2.10. The van der Waals surface area contributed by atoms with Crippen molar-refractivity contribution >= 4 is 21.7 Å². The van der Waals surface area contributed by atoms with Crippen LogP contribution < -0.4 is 5.32 Å². The maximum absolute atomic E-state index is 11.9. The van der Waals surface area contributed by atoms with E-state index in [9.17, 15) is 18.0 Å². The third-order valence-electron chi connectivity index (χ3n) is 2.80. The molecule has 1 saturated heterocycles. The molecule has 7 nitrogen and oxygen atoms in total. The van der Waals surface area contributed by atoms with Crippen LogP contribution in [0.15, 0.2) is 0 Å². The molecular weight excluding hydrogens is 248 g/mol. The highest BCUT2D eigenvalue weighted by Gasteiger charge is 2.36. The topological polar surface area (TPSA) is 104 Å². The van der Waals surface area contributed by atoms with Crippen LogP contribution in [0, 0.1) is 0 Å². The molecule has 0 aromatic carbocycles. The molecule has 1 aliphatic heterocycles. The van der Waals surface area contributed by atoms with E-state index in [0.717, 1.165) is 11.2 Å². The quantitative estimate of drug-likeness (QED) is 0.630. The van der Waals surface area contributed by atoms with Crippen LogP contribution in [0.2, 0.25) is 0 Å².